The molecule has 0 bridgehead atoms. The molecule has 0 amide bonds. The van der Waals surface area contributed by atoms with Crippen molar-refractivity contribution in [2.24, 2.45) is 5.92 Å². The molecule has 0 fully saturated rings. The van der Waals surface area contributed by atoms with Gasteiger partial charge < -0.3 is 0 Å². The van der Waals surface area contributed by atoms with Crippen molar-refractivity contribution < 1.29 is 4.21 Å². The quantitative estimate of drug-likeness (QED) is 0.874. The zero-order valence-corrected chi connectivity index (χ0v) is 14.6. The van der Waals surface area contributed by atoms with Crippen LogP contribution in [0, 0.1) is 24.2 Å². The number of nitriles is 1. The highest BCUT2D eigenvalue weighted by Gasteiger charge is 2.18. The summed E-state index contributed by atoms with van der Waals surface area (Å²) in [6.07, 6.45) is 0. The molecule has 4 heteroatoms. The number of aryl methyl sites for hydroxylation is 1. The third-order valence-electron chi connectivity index (χ3n) is 3.52. The van der Waals surface area contributed by atoms with Crippen LogP contribution in [0.4, 0.5) is 0 Å². The van der Waals surface area contributed by atoms with Gasteiger partial charge in [-0.25, -0.2) is 4.21 Å². The maximum atomic E-state index is 12.9. The van der Waals surface area contributed by atoms with Crippen molar-refractivity contribution in [3.05, 3.63) is 59.7 Å². The van der Waals surface area contributed by atoms with Gasteiger partial charge in [0, 0.05) is 9.79 Å². The monoisotopic (exact) mass is 326 g/mol. The van der Waals surface area contributed by atoms with Gasteiger partial charge in [0.1, 0.15) is 6.04 Å². The molecule has 0 unspecified atom stereocenters. The summed E-state index contributed by atoms with van der Waals surface area (Å²) in [5, 5.41) is 12.7. The van der Waals surface area contributed by atoms with Crippen molar-refractivity contribution in [3.8, 4) is 6.07 Å². The van der Waals surface area contributed by atoms with Crippen LogP contribution in [0.1, 0.15) is 31.0 Å². The molecule has 2 aromatic carbocycles. The van der Waals surface area contributed by atoms with Crippen LogP contribution in [-0.4, -0.2) is 10.8 Å². The Balaban J connectivity index is 2.34. The van der Waals surface area contributed by atoms with Gasteiger partial charge in [-0.2, -0.15) is 5.26 Å². The van der Waals surface area contributed by atoms with E-state index in [-0.39, 0.29) is 0 Å². The summed E-state index contributed by atoms with van der Waals surface area (Å²) >= 11 is 0. The maximum absolute atomic E-state index is 12.9. The van der Waals surface area contributed by atoms with E-state index >= 15 is 0 Å². The van der Waals surface area contributed by atoms with Gasteiger partial charge in [0.05, 0.1) is 16.9 Å². The van der Waals surface area contributed by atoms with Gasteiger partial charge in [0.15, 0.2) is 0 Å². The lowest BCUT2D eigenvalue weighted by atomic mass is 10.1. The first kappa shape index (κ1) is 17.4. The molecule has 1 N–H and O–H groups in total. The molecule has 0 saturated heterocycles. The van der Waals surface area contributed by atoms with Crippen LogP contribution < -0.4 is 5.32 Å². The summed E-state index contributed by atoms with van der Waals surface area (Å²) in [6, 6.07) is 17.0. The molecule has 0 aliphatic heterocycles. The number of benzene rings is 2. The minimum absolute atomic E-state index is 0.445. The highest BCUT2D eigenvalue weighted by atomic mass is 32.2. The van der Waals surface area contributed by atoms with Crippen molar-refractivity contribution in [2.75, 3.05) is 6.54 Å². The van der Waals surface area contributed by atoms with E-state index in [1.54, 1.807) is 0 Å². The molecule has 23 heavy (non-hydrogen) atoms. The summed E-state index contributed by atoms with van der Waals surface area (Å²) < 4.78 is 12.9. The second-order valence-corrected chi connectivity index (χ2v) is 7.43. The van der Waals surface area contributed by atoms with Gasteiger partial charge in [-0.3, -0.25) is 5.32 Å². The first-order chi connectivity index (χ1) is 11.0. The predicted octanol–water partition coefficient (Wildman–Crippen LogP) is 3.97. The zero-order valence-electron chi connectivity index (χ0n) is 13.7. The van der Waals surface area contributed by atoms with E-state index in [2.05, 4.69) is 25.2 Å². The Bertz CT molecular complexity index is 717. The standard InChI is InChI=1S/C19H22N2OS/c1-14(2)13-21-18(12-20)17-6-4-5-7-19(17)23(22)16-10-8-15(3)9-11-16/h4-11,14,18,21H,13H2,1-3H3/t18-,23-/m0/s1. The molecule has 0 saturated carbocycles. The Morgan fingerprint density at radius 1 is 1.13 bits per heavy atom. The summed E-state index contributed by atoms with van der Waals surface area (Å²) in [5.74, 6) is 0.445. The van der Waals surface area contributed by atoms with Gasteiger partial charge in [-0.1, -0.05) is 49.7 Å². The Labute approximate surface area is 140 Å². The maximum Gasteiger partial charge on any atom is 0.122 e. The van der Waals surface area contributed by atoms with Gasteiger partial charge in [0.25, 0.3) is 0 Å². The van der Waals surface area contributed by atoms with E-state index in [9.17, 15) is 9.47 Å². The molecule has 0 aliphatic carbocycles. The summed E-state index contributed by atoms with van der Waals surface area (Å²) in [7, 11) is -1.29. The van der Waals surface area contributed by atoms with Gasteiger partial charge in [0.2, 0.25) is 0 Å². The number of hydrogen-bond acceptors (Lipinski definition) is 3. The molecule has 0 aromatic heterocycles. The molecule has 0 heterocycles. The van der Waals surface area contributed by atoms with Crippen molar-refractivity contribution in [1.29, 1.82) is 5.26 Å². The lowest BCUT2D eigenvalue weighted by Gasteiger charge is -2.17. The van der Waals surface area contributed by atoms with Crippen LogP contribution in [0.25, 0.3) is 0 Å². The van der Waals surface area contributed by atoms with Crippen molar-refractivity contribution in [3.63, 3.8) is 0 Å². The average Bonchev–Trinajstić information content (AvgIpc) is 2.55. The zero-order chi connectivity index (χ0) is 16.8. The molecule has 3 nitrogen and oxygen atoms in total. The smallest absolute Gasteiger partial charge is 0.122 e. The fraction of sp³-hybridized carbons (Fsp3) is 0.316. The van der Waals surface area contributed by atoms with Crippen LogP contribution in [-0.2, 0) is 10.8 Å². The normalized spacial score (nSPS) is 13.5. The van der Waals surface area contributed by atoms with Crippen molar-refractivity contribution in [1.82, 2.24) is 5.32 Å². The van der Waals surface area contributed by atoms with E-state index in [0.29, 0.717) is 10.8 Å². The third kappa shape index (κ3) is 4.51. The molecule has 0 spiro atoms. The highest BCUT2D eigenvalue weighted by Crippen LogP contribution is 2.25. The van der Waals surface area contributed by atoms with Crippen molar-refractivity contribution in [2.45, 2.75) is 36.6 Å². The van der Waals surface area contributed by atoms with Crippen molar-refractivity contribution >= 4 is 10.8 Å². The van der Waals surface area contributed by atoms with E-state index in [0.717, 1.165) is 22.6 Å². The van der Waals surface area contributed by atoms with Gasteiger partial charge in [-0.05, 0) is 43.1 Å². The summed E-state index contributed by atoms with van der Waals surface area (Å²) in [6.45, 7) is 6.93. The number of nitrogens with zero attached hydrogens (tertiary/aromatic N) is 1. The summed E-state index contributed by atoms with van der Waals surface area (Å²) in [5.41, 5.74) is 1.92. The molecule has 120 valence electrons. The Kier molecular flexibility index (Phi) is 6.09. The number of hydrogen-bond donors (Lipinski definition) is 1. The lowest BCUT2D eigenvalue weighted by Crippen LogP contribution is -2.25. The van der Waals surface area contributed by atoms with E-state index in [1.165, 1.54) is 0 Å². The Morgan fingerprint density at radius 2 is 1.78 bits per heavy atom. The van der Waals surface area contributed by atoms with Crippen LogP contribution in [0.2, 0.25) is 0 Å². The molecule has 2 aromatic rings. The average molecular weight is 326 g/mol. The Hall–Kier alpha value is -1.96. The topological polar surface area (TPSA) is 52.9 Å². The largest absolute Gasteiger partial charge is 0.298 e. The van der Waals surface area contributed by atoms with Crippen LogP contribution in [0.3, 0.4) is 0 Å². The molecule has 2 rings (SSSR count). The fourth-order valence-corrected chi connectivity index (χ4v) is 3.49. The molecular formula is C19H22N2OS. The molecule has 0 radical (unpaired) electrons. The second-order valence-electron chi connectivity index (χ2n) is 5.98. The van der Waals surface area contributed by atoms with Gasteiger partial charge >= 0.3 is 0 Å². The second kappa shape index (κ2) is 8.05. The van der Waals surface area contributed by atoms with Crippen LogP contribution >= 0.6 is 0 Å². The lowest BCUT2D eigenvalue weighted by molar-refractivity contribution is 0.521. The first-order valence-corrected chi connectivity index (χ1v) is 8.88. The summed E-state index contributed by atoms with van der Waals surface area (Å²) in [4.78, 5) is 1.45. The van der Waals surface area contributed by atoms with Crippen LogP contribution in [0.5, 0.6) is 0 Å². The molecule has 0 aliphatic rings. The third-order valence-corrected chi connectivity index (χ3v) is 5.00. The minimum Gasteiger partial charge on any atom is -0.298 e. The van der Waals surface area contributed by atoms with Crippen LogP contribution in [0.15, 0.2) is 58.3 Å². The SMILES string of the molecule is Cc1ccc([S@](=O)c2ccccc2[C@H](C#N)NCC(C)C)cc1. The number of rotatable bonds is 6. The van der Waals surface area contributed by atoms with E-state index < -0.39 is 16.8 Å². The van der Waals surface area contributed by atoms with E-state index in [1.807, 2.05) is 55.5 Å². The fourth-order valence-electron chi connectivity index (χ4n) is 2.26. The van der Waals surface area contributed by atoms with Gasteiger partial charge in [-0.15, -0.1) is 0 Å². The highest BCUT2D eigenvalue weighted by molar-refractivity contribution is 7.85. The van der Waals surface area contributed by atoms with E-state index in [4.69, 9.17) is 0 Å². The molecular weight excluding hydrogens is 304 g/mol. The first-order valence-electron chi connectivity index (χ1n) is 7.73. The minimum atomic E-state index is -1.29. The number of nitrogens with one attached hydrogen (secondary N) is 1. The predicted molar refractivity (Wildman–Crippen MR) is 93.5 cm³/mol. The molecule has 2 atom stereocenters. The Morgan fingerprint density at radius 3 is 2.39 bits per heavy atom.